The molecule has 0 aliphatic heterocycles. The van der Waals surface area contributed by atoms with Crippen molar-refractivity contribution >= 4 is 17.7 Å². The number of nitrogen functional groups attached to an aromatic ring is 1. The Labute approximate surface area is 125 Å². The Balaban J connectivity index is 1.75. The van der Waals surface area contributed by atoms with E-state index < -0.39 is 0 Å². The monoisotopic (exact) mass is 298 g/mol. The maximum Gasteiger partial charge on any atom is 0.232 e. The number of imidazole rings is 1. The average Bonchev–Trinajstić information content (AvgIpc) is 3.07. The van der Waals surface area contributed by atoms with Crippen LogP contribution in [0.15, 0.2) is 41.2 Å². The summed E-state index contributed by atoms with van der Waals surface area (Å²) in [5.74, 6) is 0.259. The standard InChI is InChI=1S/C14H14N6O2/c1-20-11(9-5-3-2-4-6-9)8-16-14(20)17-12(21)7-10-13(15)19-22-18-10/h2-6,8H,7H2,1H3,(H2,15,19)(H,16,17,21). The summed E-state index contributed by atoms with van der Waals surface area (Å²) in [6.45, 7) is 0. The molecule has 1 aromatic carbocycles. The van der Waals surface area contributed by atoms with Crippen LogP contribution in [-0.2, 0) is 18.3 Å². The lowest BCUT2D eigenvalue weighted by atomic mass is 10.2. The van der Waals surface area contributed by atoms with Gasteiger partial charge in [0, 0.05) is 7.05 Å². The van der Waals surface area contributed by atoms with Crippen molar-refractivity contribution < 1.29 is 9.42 Å². The molecule has 1 amide bonds. The number of carbonyl (C=O) groups excluding carboxylic acids is 1. The summed E-state index contributed by atoms with van der Waals surface area (Å²) in [7, 11) is 1.83. The van der Waals surface area contributed by atoms with Crippen molar-refractivity contribution in [1.29, 1.82) is 0 Å². The van der Waals surface area contributed by atoms with Gasteiger partial charge < -0.3 is 10.3 Å². The molecular formula is C14H14N6O2. The molecule has 0 radical (unpaired) electrons. The van der Waals surface area contributed by atoms with Crippen LogP contribution in [0.3, 0.4) is 0 Å². The number of nitrogens with one attached hydrogen (secondary N) is 1. The normalized spacial score (nSPS) is 10.6. The highest BCUT2D eigenvalue weighted by atomic mass is 16.6. The van der Waals surface area contributed by atoms with E-state index in [1.54, 1.807) is 10.8 Å². The molecule has 3 rings (SSSR count). The summed E-state index contributed by atoms with van der Waals surface area (Å²) in [5.41, 5.74) is 7.74. The number of nitrogens with zero attached hydrogens (tertiary/aromatic N) is 4. The van der Waals surface area contributed by atoms with Gasteiger partial charge in [-0.05, 0) is 10.7 Å². The van der Waals surface area contributed by atoms with E-state index in [0.717, 1.165) is 11.3 Å². The number of carbonyl (C=O) groups is 1. The number of hydrogen-bond donors (Lipinski definition) is 2. The SMILES string of the molecule is Cn1c(-c2ccccc2)cnc1NC(=O)Cc1nonc1N. The minimum Gasteiger partial charge on any atom is -0.379 e. The van der Waals surface area contributed by atoms with Crippen molar-refractivity contribution in [3.05, 3.63) is 42.2 Å². The quantitative estimate of drug-likeness (QED) is 0.749. The van der Waals surface area contributed by atoms with Gasteiger partial charge >= 0.3 is 0 Å². The molecule has 3 aromatic rings. The van der Waals surface area contributed by atoms with Crippen molar-refractivity contribution in [3.63, 3.8) is 0 Å². The summed E-state index contributed by atoms with van der Waals surface area (Å²) < 4.78 is 6.26. The Kier molecular flexibility index (Phi) is 3.57. The molecule has 2 aromatic heterocycles. The fourth-order valence-electron chi connectivity index (χ4n) is 2.06. The summed E-state index contributed by atoms with van der Waals surface area (Å²) in [5, 5.41) is 9.72. The van der Waals surface area contributed by atoms with Gasteiger partial charge in [-0.2, -0.15) is 0 Å². The molecule has 0 aliphatic rings. The van der Waals surface area contributed by atoms with E-state index in [9.17, 15) is 4.79 Å². The first-order valence-electron chi connectivity index (χ1n) is 6.59. The van der Waals surface area contributed by atoms with E-state index in [-0.39, 0.29) is 18.1 Å². The van der Waals surface area contributed by atoms with Gasteiger partial charge in [0.25, 0.3) is 0 Å². The fraction of sp³-hybridized carbons (Fsp3) is 0.143. The molecule has 0 aliphatic carbocycles. The number of amides is 1. The minimum absolute atomic E-state index is 0.0249. The average molecular weight is 298 g/mol. The van der Waals surface area contributed by atoms with Gasteiger partial charge in [-0.1, -0.05) is 35.5 Å². The van der Waals surface area contributed by atoms with Crippen LogP contribution in [0.4, 0.5) is 11.8 Å². The van der Waals surface area contributed by atoms with Gasteiger partial charge in [-0.15, -0.1) is 0 Å². The van der Waals surface area contributed by atoms with Crippen LogP contribution >= 0.6 is 0 Å². The van der Waals surface area contributed by atoms with Crippen LogP contribution in [0.1, 0.15) is 5.69 Å². The zero-order valence-electron chi connectivity index (χ0n) is 11.9. The molecule has 0 bridgehead atoms. The molecule has 0 unspecified atom stereocenters. The van der Waals surface area contributed by atoms with Crippen LogP contribution in [0, 0.1) is 0 Å². The van der Waals surface area contributed by atoms with Crippen molar-refractivity contribution in [1.82, 2.24) is 19.9 Å². The molecule has 8 nitrogen and oxygen atoms in total. The van der Waals surface area contributed by atoms with Gasteiger partial charge in [0.2, 0.25) is 11.9 Å². The molecule has 0 atom stereocenters. The molecule has 0 saturated carbocycles. The van der Waals surface area contributed by atoms with Crippen molar-refractivity contribution in [2.24, 2.45) is 7.05 Å². The van der Waals surface area contributed by atoms with Gasteiger partial charge in [-0.3, -0.25) is 10.1 Å². The summed E-state index contributed by atoms with van der Waals surface area (Å²) >= 11 is 0. The third-order valence-electron chi connectivity index (χ3n) is 3.22. The predicted octanol–water partition coefficient (Wildman–Crippen LogP) is 1.23. The maximum atomic E-state index is 12.0. The summed E-state index contributed by atoms with van der Waals surface area (Å²) in [6, 6.07) is 9.79. The molecule has 22 heavy (non-hydrogen) atoms. The molecule has 3 N–H and O–H groups in total. The molecule has 2 heterocycles. The summed E-state index contributed by atoms with van der Waals surface area (Å²) in [6.07, 6.45) is 1.68. The molecule has 0 saturated heterocycles. The van der Waals surface area contributed by atoms with Crippen LogP contribution in [0.2, 0.25) is 0 Å². The largest absolute Gasteiger partial charge is 0.379 e. The summed E-state index contributed by atoms with van der Waals surface area (Å²) in [4.78, 5) is 16.2. The van der Waals surface area contributed by atoms with Gasteiger partial charge in [-0.25, -0.2) is 9.61 Å². The number of benzene rings is 1. The fourth-order valence-corrected chi connectivity index (χ4v) is 2.06. The van der Waals surface area contributed by atoms with Crippen molar-refractivity contribution in [3.8, 4) is 11.3 Å². The van der Waals surface area contributed by atoms with Gasteiger partial charge in [0.05, 0.1) is 18.3 Å². The van der Waals surface area contributed by atoms with E-state index in [1.807, 2.05) is 37.4 Å². The second-order valence-electron chi connectivity index (χ2n) is 4.71. The zero-order valence-corrected chi connectivity index (χ0v) is 11.9. The lowest BCUT2D eigenvalue weighted by molar-refractivity contribution is -0.115. The highest BCUT2D eigenvalue weighted by molar-refractivity contribution is 5.91. The number of nitrogens with two attached hydrogens (primary N) is 1. The van der Waals surface area contributed by atoms with Crippen molar-refractivity contribution in [2.75, 3.05) is 11.1 Å². The van der Waals surface area contributed by atoms with E-state index >= 15 is 0 Å². The third-order valence-corrected chi connectivity index (χ3v) is 3.22. The smallest absolute Gasteiger partial charge is 0.232 e. The Morgan fingerprint density at radius 2 is 2.09 bits per heavy atom. The Bertz CT molecular complexity index is 793. The first kappa shape index (κ1) is 13.8. The van der Waals surface area contributed by atoms with Gasteiger partial charge in [0.1, 0.15) is 5.69 Å². The van der Waals surface area contributed by atoms with Gasteiger partial charge in [0.15, 0.2) is 5.82 Å². The van der Waals surface area contributed by atoms with Crippen LogP contribution in [-0.4, -0.2) is 25.8 Å². The molecule has 112 valence electrons. The lowest BCUT2D eigenvalue weighted by Gasteiger charge is -2.07. The molecular weight excluding hydrogens is 284 g/mol. The van der Waals surface area contributed by atoms with Crippen LogP contribution in [0.25, 0.3) is 11.3 Å². The first-order valence-corrected chi connectivity index (χ1v) is 6.59. The van der Waals surface area contributed by atoms with E-state index in [0.29, 0.717) is 11.6 Å². The Morgan fingerprint density at radius 3 is 2.77 bits per heavy atom. The first-order chi connectivity index (χ1) is 10.6. The number of aromatic nitrogens is 4. The number of hydrogen-bond acceptors (Lipinski definition) is 6. The maximum absolute atomic E-state index is 12.0. The Hall–Kier alpha value is -3.16. The van der Waals surface area contributed by atoms with E-state index in [4.69, 9.17) is 5.73 Å². The minimum atomic E-state index is -0.296. The molecule has 0 spiro atoms. The van der Waals surface area contributed by atoms with Crippen LogP contribution in [0.5, 0.6) is 0 Å². The second kappa shape index (κ2) is 5.68. The number of rotatable bonds is 4. The zero-order chi connectivity index (χ0) is 15.5. The highest BCUT2D eigenvalue weighted by Crippen LogP contribution is 2.21. The highest BCUT2D eigenvalue weighted by Gasteiger charge is 2.15. The molecule has 8 heteroatoms. The molecule has 0 fully saturated rings. The predicted molar refractivity (Wildman–Crippen MR) is 79.7 cm³/mol. The van der Waals surface area contributed by atoms with E-state index in [2.05, 4.69) is 25.2 Å². The second-order valence-corrected chi connectivity index (χ2v) is 4.71. The third kappa shape index (κ3) is 2.66. The number of anilines is 2. The Morgan fingerprint density at radius 1 is 1.32 bits per heavy atom. The van der Waals surface area contributed by atoms with E-state index in [1.165, 1.54) is 0 Å². The van der Waals surface area contributed by atoms with Crippen LogP contribution < -0.4 is 11.1 Å². The topological polar surface area (TPSA) is 112 Å². The lowest BCUT2D eigenvalue weighted by Crippen LogP contribution is -2.18. The van der Waals surface area contributed by atoms with Crippen molar-refractivity contribution in [2.45, 2.75) is 6.42 Å².